The van der Waals surface area contributed by atoms with Crippen LogP contribution in [0.2, 0.25) is 10.0 Å². The number of anilines is 1. The van der Waals surface area contributed by atoms with Crippen molar-refractivity contribution in [3.8, 4) is 0 Å². The Kier molecular flexibility index (Phi) is 10.0. The number of hydrogen-bond acceptors (Lipinski definition) is 4. The largest absolute Gasteiger partial charge is 0.354 e. The third-order valence-electron chi connectivity index (χ3n) is 5.06. The highest BCUT2D eigenvalue weighted by atomic mass is 35.5. The van der Waals surface area contributed by atoms with Crippen molar-refractivity contribution < 1.29 is 18.0 Å². The van der Waals surface area contributed by atoms with Crippen LogP contribution in [0, 0.1) is 0 Å². The number of rotatable bonds is 11. The van der Waals surface area contributed by atoms with Crippen molar-refractivity contribution in [3.05, 3.63) is 64.1 Å². The van der Waals surface area contributed by atoms with Crippen molar-refractivity contribution in [3.63, 3.8) is 0 Å². The van der Waals surface area contributed by atoms with Gasteiger partial charge < -0.3 is 10.2 Å². The summed E-state index contributed by atoms with van der Waals surface area (Å²) in [7, 11) is -3.87. The first-order valence-corrected chi connectivity index (χ1v) is 13.2. The van der Waals surface area contributed by atoms with Crippen LogP contribution in [-0.2, 0) is 26.0 Å². The van der Waals surface area contributed by atoms with E-state index in [1.165, 1.54) is 23.1 Å². The second-order valence-corrected chi connectivity index (χ2v) is 10.4. The normalized spacial score (nSPS) is 12.2. The molecule has 0 spiro atoms. The minimum atomic E-state index is -3.87. The van der Waals surface area contributed by atoms with E-state index in [1.54, 1.807) is 6.92 Å². The van der Waals surface area contributed by atoms with Gasteiger partial charge in [-0.05, 0) is 43.5 Å². The van der Waals surface area contributed by atoms with Crippen molar-refractivity contribution in [1.29, 1.82) is 0 Å². The zero-order chi connectivity index (χ0) is 24.6. The molecule has 10 heteroatoms. The monoisotopic (exact) mass is 513 g/mol. The molecular formula is C23H29Cl2N3O4S. The molecule has 2 aromatic rings. The Morgan fingerprint density at radius 2 is 1.76 bits per heavy atom. The van der Waals surface area contributed by atoms with Crippen LogP contribution in [0.3, 0.4) is 0 Å². The van der Waals surface area contributed by atoms with E-state index in [4.69, 9.17) is 23.2 Å². The fraction of sp³-hybridized carbons (Fsp3) is 0.391. The van der Waals surface area contributed by atoms with E-state index in [0.717, 1.165) is 22.5 Å². The van der Waals surface area contributed by atoms with Gasteiger partial charge in [-0.25, -0.2) is 8.42 Å². The molecule has 1 atom stereocenters. The number of carbonyl (C=O) groups excluding carboxylic acids is 2. The number of nitrogens with one attached hydrogen (secondary N) is 1. The summed E-state index contributed by atoms with van der Waals surface area (Å²) in [5, 5.41) is 3.22. The maximum atomic E-state index is 13.4. The summed E-state index contributed by atoms with van der Waals surface area (Å²) >= 11 is 12.3. The maximum Gasteiger partial charge on any atom is 0.244 e. The summed E-state index contributed by atoms with van der Waals surface area (Å²) in [6, 6.07) is 13.1. The lowest BCUT2D eigenvalue weighted by Crippen LogP contribution is -2.52. The van der Waals surface area contributed by atoms with E-state index in [0.29, 0.717) is 13.0 Å². The molecule has 0 heterocycles. The van der Waals surface area contributed by atoms with Crippen LogP contribution in [0.25, 0.3) is 0 Å². The smallest absolute Gasteiger partial charge is 0.244 e. The molecule has 0 saturated heterocycles. The van der Waals surface area contributed by atoms with E-state index in [1.807, 2.05) is 37.3 Å². The minimum absolute atomic E-state index is 0.103. The van der Waals surface area contributed by atoms with Crippen molar-refractivity contribution in [1.82, 2.24) is 10.2 Å². The average molecular weight is 514 g/mol. The molecule has 0 aliphatic rings. The number of carbonyl (C=O) groups is 2. The topological polar surface area (TPSA) is 86.8 Å². The lowest BCUT2D eigenvalue weighted by atomic mass is 10.1. The molecule has 1 N–H and O–H groups in total. The summed E-state index contributed by atoms with van der Waals surface area (Å²) < 4.78 is 26.0. The highest BCUT2D eigenvalue weighted by Crippen LogP contribution is 2.30. The van der Waals surface area contributed by atoms with Gasteiger partial charge in [0.15, 0.2) is 0 Å². The van der Waals surface area contributed by atoms with Crippen LogP contribution in [0.5, 0.6) is 0 Å². The quantitative estimate of drug-likeness (QED) is 0.495. The Balaban J connectivity index is 2.33. The number of halogens is 2. The molecule has 0 aliphatic heterocycles. The summed E-state index contributed by atoms with van der Waals surface area (Å²) in [6.45, 7) is 3.77. The van der Waals surface area contributed by atoms with Crippen molar-refractivity contribution in [2.24, 2.45) is 0 Å². The third kappa shape index (κ3) is 7.91. The molecule has 0 radical (unpaired) electrons. The van der Waals surface area contributed by atoms with Gasteiger partial charge in [-0.3, -0.25) is 13.9 Å². The second kappa shape index (κ2) is 12.3. The Bertz CT molecular complexity index is 1060. The molecule has 0 aromatic heterocycles. The first-order valence-electron chi connectivity index (χ1n) is 10.6. The lowest BCUT2D eigenvalue weighted by molar-refractivity contribution is -0.138. The molecule has 33 heavy (non-hydrogen) atoms. The van der Waals surface area contributed by atoms with E-state index in [9.17, 15) is 18.0 Å². The fourth-order valence-electron chi connectivity index (χ4n) is 3.24. The first kappa shape index (κ1) is 27.0. The molecule has 0 aliphatic carbocycles. The van der Waals surface area contributed by atoms with Crippen LogP contribution < -0.4 is 9.62 Å². The Morgan fingerprint density at radius 1 is 1.09 bits per heavy atom. The Morgan fingerprint density at radius 3 is 2.36 bits per heavy atom. The van der Waals surface area contributed by atoms with E-state index < -0.39 is 28.5 Å². The highest BCUT2D eigenvalue weighted by Gasteiger charge is 2.30. The van der Waals surface area contributed by atoms with E-state index in [-0.39, 0.29) is 28.2 Å². The van der Waals surface area contributed by atoms with Gasteiger partial charge in [-0.1, -0.05) is 60.5 Å². The number of sulfonamides is 1. The highest BCUT2D eigenvalue weighted by molar-refractivity contribution is 7.92. The van der Waals surface area contributed by atoms with Gasteiger partial charge >= 0.3 is 0 Å². The molecule has 2 rings (SSSR count). The van der Waals surface area contributed by atoms with Crippen LogP contribution in [0.15, 0.2) is 48.5 Å². The average Bonchev–Trinajstić information content (AvgIpc) is 2.77. The van der Waals surface area contributed by atoms with Crippen LogP contribution in [0.1, 0.15) is 25.8 Å². The number of hydrogen-bond donors (Lipinski definition) is 1. The van der Waals surface area contributed by atoms with Gasteiger partial charge in [0, 0.05) is 18.1 Å². The van der Waals surface area contributed by atoms with Gasteiger partial charge in [-0.15, -0.1) is 0 Å². The van der Waals surface area contributed by atoms with Crippen molar-refractivity contribution in [2.45, 2.75) is 32.7 Å². The number of benzene rings is 2. The third-order valence-corrected chi connectivity index (χ3v) is 6.74. The predicted octanol–water partition coefficient (Wildman–Crippen LogP) is 3.75. The Hall–Kier alpha value is -2.29. The summed E-state index contributed by atoms with van der Waals surface area (Å²) in [5.41, 5.74) is 1.10. The lowest BCUT2D eigenvalue weighted by Gasteiger charge is -2.31. The first-order chi connectivity index (χ1) is 15.5. The minimum Gasteiger partial charge on any atom is -0.354 e. The van der Waals surface area contributed by atoms with Gasteiger partial charge in [0.05, 0.1) is 17.0 Å². The number of nitrogens with zero attached hydrogens (tertiary/aromatic N) is 2. The maximum absolute atomic E-state index is 13.4. The van der Waals surface area contributed by atoms with Gasteiger partial charge in [0.2, 0.25) is 21.8 Å². The van der Waals surface area contributed by atoms with E-state index in [2.05, 4.69) is 5.32 Å². The predicted molar refractivity (Wildman–Crippen MR) is 133 cm³/mol. The molecule has 1 unspecified atom stereocenters. The molecular weight excluding hydrogens is 485 g/mol. The summed E-state index contributed by atoms with van der Waals surface area (Å²) in [4.78, 5) is 27.4. The standard InChI is InChI=1S/C23H29Cl2N3O4S/c1-4-13-26-23(30)17(2)27(14-12-18-8-6-5-7-9-18)22(29)16-28(33(3,31)32)21-15-19(24)10-11-20(21)25/h5-11,15,17H,4,12-14,16H2,1-3H3,(H,26,30). The van der Waals surface area contributed by atoms with Gasteiger partial charge in [0.1, 0.15) is 12.6 Å². The zero-order valence-electron chi connectivity index (χ0n) is 18.9. The second-order valence-electron chi connectivity index (χ2n) is 7.66. The van der Waals surface area contributed by atoms with Gasteiger partial charge in [-0.2, -0.15) is 0 Å². The summed E-state index contributed by atoms with van der Waals surface area (Å²) in [6.07, 6.45) is 2.25. The summed E-state index contributed by atoms with van der Waals surface area (Å²) in [5.74, 6) is -0.823. The van der Waals surface area contributed by atoms with Crippen LogP contribution in [0.4, 0.5) is 5.69 Å². The Labute approximate surface area is 205 Å². The van der Waals surface area contributed by atoms with Crippen molar-refractivity contribution >= 4 is 50.7 Å². The van der Waals surface area contributed by atoms with Crippen LogP contribution >= 0.6 is 23.2 Å². The van der Waals surface area contributed by atoms with Crippen LogP contribution in [-0.4, -0.2) is 57.1 Å². The van der Waals surface area contributed by atoms with E-state index >= 15 is 0 Å². The molecule has 0 fully saturated rings. The molecule has 180 valence electrons. The zero-order valence-corrected chi connectivity index (χ0v) is 21.3. The fourth-order valence-corrected chi connectivity index (χ4v) is 4.53. The molecule has 2 aromatic carbocycles. The van der Waals surface area contributed by atoms with Crippen molar-refractivity contribution in [2.75, 3.05) is 30.2 Å². The molecule has 2 amide bonds. The molecule has 0 saturated carbocycles. The number of amides is 2. The SMILES string of the molecule is CCCNC(=O)C(C)N(CCc1ccccc1)C(=O)CN(c1cc(Cl)ccc1Cl)S(C)(=O)=O. The molecule has 0 bridgehead atoms. The molecule has 7 nitrogen and oxygen atoms in total. The van der Waals surface area contributed by atoms with Gasteiger partial charge in [0.25, 0.3) is 0 Å².